The molecule has 3 nitrogen and oxygen atoms in total. The molecule has 0 radical (unpaired) electrons. The number of ether oxygens (including phenoxy) is 1. The van der Waals surface area contributed by atoms with Gasteiger partial charge >= 0.3 is 12.3 Å². The lowest BCUT2D eigenvalue weighted by Gasteiger charge is -2.15. The molecule has 0 heterocycles. The van der Waals surface area contributed by atoms with Crippen molar-refractivity contribution in [1.29, 1.82) is 0 Å². The Kier molecular flexibility index (Phi) is 3.88. The van der Waals surface area contributed by atoms with Gasteiger partial charge in [0.15, 0.2) is 0 Å². The van der Waals surface area contributed by atoms with Crippen LogP contribution in [0.5, 0.6) is 5.75 Å². The van der Waals surface area contributed by atoms with E-state index >= 15 is 0 Å². The van der Waals surface area contributed by atoms with E-state index in [1.807, 2.05) is 32.9 Å². The number of aliphatic carboxylic acids is 1. The number of aryl methyl sites for hydroxylation is 1. The van der Waals surface area contributed by atoms with Gasteiger partial charge in [0.25, 0.3) is 0 Å². The first kappa shape index (κ1) is 12.5. The second-order valence-corrected chi connectivity index (χ2v) is 3.97. The predicted octanol–water partition coefficient (Wildman–Crippen LogP) is 2.88. The number of carboxylic acid groups (broad SMARTS) is 1. The Bertz CT molecular complexity index is 388. The van der Waals surface area contributed by atoms with Gasteiger partial charge in [0.2, 0.25) is 0 Å². The summed E-state index contributed by atoms with van der Waals surface area (Å²) in [5.74, 6) is -1.17. The number of alkyl halides is 1. The lowest BCUT2D eigenvalue weighted by Crippen LogP contribution is -2.22. The van der Waals surface area contributed by atoms with E-state index in [2.05, 4.69) is 0 Å². The molecule has 88 valence electrons. The molecule has 16 heavy (non-hydrogen) atoms. The molecule has 1 atom stereocenters. The molecule has 0 spiro atoms. The van der Waals surface area contributed by atoms with Crippen LogP contribution < -0.4 is 4.74 Å². The SMILES string of the molecule is Cc1ccc(C(C)C)c(OC(F)C(=O)O)c1. The molecule has 0 aliphatic heterocycles. The molecule has 0 amide bonds. The predicted molar refractivity (Wildman–Crippen MR) is 58.4 cm³/mol. The highest BCUT2D eigenvalue weighted by atomic mass is 19.1. The number of halogens is 1. The Hall–Kier alpha value is -1.58. The number of hydrogen-bond acceptors (Lipinski definition) is 2. The van der Waals surface area contributed by atoms with Gasteiger partial charge in [-0.1, -0.05) is 26.0 Å². The maximum atomic E-state index is 13.0. The van der Waals surface area contributed by atoms with E-state index in [0.29, 0.717) is 5.75 Å². The third-order valence-electron chi connectivity index (χ3n) is 2.22. The van der Waals surface area contributed by atoms with Crippen LogP contribution >= 0.6 is 0 Å². The van der Waals surface area contributed by atoms with Crippen LogP contribution in [0.3, 0.4) is 0 Å². The van der Waals surface area contributed by atoms with Crippen LogP contribution in [0.15, 0.2) is 18.2 Å². The third-order valence-corrected chi connectivity index (χ3v) is 2.22. The fourth-order valence-corrected chi connectivity index (χ4v) is 1.38. The highest BCUT2D eigenvalue weighted by Crippen LogP contribution is 2.28. The largest absolute Gasteiger partial charge is 0.476 e. The van der Waals surface area contributed by atoms with Crippen molar-refractivity contribution in [2.45, 2.75) is 33.0 Å². The summed E-state index contributed by atoms with van der Waals surface area (Å²) in [6, 6.07) is 5.35. The van der Waals surface area contributed by atoms with Crippen molar-refractivity contribution in [1.82, 2.24) is 0 Å². The van der Waals surface area contributed by atoms with Crippen molar-refractivity contribution in [3.8, 4) is 5.75 Å². The number of rotatable bonds is 4. The zero-order valence-corrected chi connectivity index (χ0v) is 9.53. The quantitative estimate of drug-likeness (QED) is 0.858. The molecule has 1 aromatic rings. The summed E-state index contributed by atoms with van der Waals surface area (Å²) in [4.78, 5) is 10.4. The minimum absolute atomic E-state index is 0.150. The summed E-state index contributed by atoms with van der Waals surface area (Å²) >= 11 is 0. The van der Waals surface area contributed by atoms with Gasteiger partial charge in [-0.05, 0) is 30.0 Å². The Morgan fingerprint density at radius 2 is 2.06 bits per heavy atom. The van der Waals surface area contributed by atoms with Crippen molar-refractivity contribution < 1.29 is 19.0 Å². The number of carbonyl (C=O) groups is 1. The van der Waals surface area contributed by atoms with Crippen molar-refractivity contribution in [3.05, 3.63) is 29.3 Å². The maximum Gasteiger partial charge on any atom is 0.378 e. The average molecular weight is 226 g/mol. The van der Waals surface area contributed by atoms with Crippen LogP contribution in [0.2, 0.25) is 0 Å². The van der Waals surface area contributed by atoms with Gasteiger partial charge in [-0.25, -0.2) is 4.79 Å². The van der Waals surface area contributed by atoms with Crippen molar-refractivity contribution >= 4 is 5.97 Å². The van der Waals surface area contributed by atoms with Gasteiger partial charge in [-0.2, -0.15) is 4.39 Å². The van der Waals surface area contributed by atoms with E-state index in [0.717, 1.165) is 11.1 Å². The van der Waals surface area contributed by atoms with Crippen LogP contribution in [-0.2, 0) is 4.79 Å². The molecular formula is C12H15FO3. The van der Waals surface area contributed by atoms with Crippen LogP contribution in [0.1, 0.15) is 30.9 Å². The minimum Gasteiger partial charge on any atom is -0.476 e. The molecular weight excluding hydrogens is 211 g/mol. The highest BCUT2D eigenvalue weighted by Gasteiger charge is 2.19. The van der Waals surface area contributed by atoms with E-state index in [4.69, 9.17) is 9.84 Å². The van der Waals surface area contributed by atoms with E-state index in [1.165, 1.54) is 0 Å². The zero-order valence-electron chi connectivity index (χ0n) is 9.53. The second-order valence-electron chi connectivity index (χ2n) is 3.97. The van der Waals surface area contributed by atoms with Gasteiger partial charge < -0.3 is 9.84 Å². The lowest BCUT2D eigenvalue weighted by molar-refractivity contribution is -0.153. The van der Waals surface area contributed by atoms with Gasteiger partial charge in [0, 0.05) is 0 Å². The average Bonchev–Trinajstić information content (AvgIpc) is 2.16. The second kappa shape index (κ2) is 4.96. The fraction of sp³-hybridized carbons (Fsp3) is 0.417. The van der Waals surface area contributed by atoms with Crippen molar-refractivity contribution in [3.63, 3.8) is 0 Å². The van der Waals surface area contributed by atoms with Gasteiger partial charge in [0.1, 0.15) is 5.75 Å². The smallest absolute Gasteiger partial charge is 0.378 e. The van der Waals surface area contributed by atoms with Crippen molar-refractivity contribution in [2.24, 2.45) is 0 Å². The summed E-state index contributed by atoms with van der Waals surface area (Å²) in [6.45, 7) is 5.71. The Morgan fingerprint density at radius 1 is 1.44 bits per heavy atom. The first-order chi connectivity index (χ1) is 7.41. The monoisotopic (exact) mass is 226 g/mol. The fourth-order valence-electron chi connectivity index (χ4n) is 1.38. The minimum atomic E-state index is -2.32. The van der Waals surface area contributed by atoms with Crippen LogP contribution in [-0.4, -0.2) is 17.4 Å². The van der Waals surface area contributed by atoms with E-state index in [-0.39, 0.29) is 5.92 Å². The molecule has 1 rings (SSSR count). The Balaban J connectivity index is 3.01. The molecule has 1 N–H and O–H groups in total. The molecule has 0 aliphatic rings. The van der Waals surface area contributed by atoms with Gasteiger partial charge in [-0.15, -0.1) is 0 Å². The molecule has 0 aromatic heterocycles. The molecule has 0 aliphatic carbocycles. The topological polar surface area (TPSA) is 46.5 Å². The molecule has 1 unspecified atom stereocenters. The Morgan fingerprint density at radius 3 is 2.56 bits per heavy atom. The summed E-state index contributed by atoms with van der Waals surface area (Å²) in [5, 5.41) is 8.44. The van der Waals surface area contributed by atoms with Crippen LogP contribution in [0.4, 0.5) is 4.39 Å². The first-order valence-electron chi connectivity index (χ1n) is 5.06. The maximum absolute atomic E-state index is 13.0. The van der Waals surface area contributed by atoms with Crippen molar-refractivity contribution in [2.75, 3.05) is 0 Å². The molecule has 0 fully saturated rings. The first-order valence-corrected chi connectivity index (χ1v) is 5.06. The lowest BCUT2D eigenvalue weighted by atomic mass is 10.0. The molecule has 0 saturated heterocycles. The molecule has 0 bridgehead atoms. The van der Waals surface area contributed by atoms with E-state index in [1.54, 1.807) is 6.07 Å². The van der Waals surface area contributed by atoms with E-state index < -0.39 is 12.3 Å². The number of carboxylic acids is 1. The third kappa shape index (κ3) is 2.95. The molecule has 4 heteroatoms. The summed E-state index contributed by atoms with van der Waals surface area (Å²) in [7, 11) is 0. The van der Waals surface area contributed by atoms with Crippen LogP contribution in [0, 0.1) is 6.92 Å². The van der Waals surface area contributed by atoms with Gasteiger partial charge in [0.05, 0.1) is 0 Å². The normalized spacial score (nSPS) is 12.6. The number of hydrogen-bond donors (Lipinski definition) is 1. The molecule has 0 saturated carbocycles. The summed E-state index contributed by atoms with van der Waals surface area (Å²) in [6.07, 6.45) is -2.32. The summed E-state index contributed by atoms with van der Waals surface area (Å²) in [5.41, 5.74) is 1.70. The standard InChI is InChI=1S/C12H15FO3/c1-7(2)9-5-4-8(3)6-10(9)16-11(13)12(14)15/h4-7,11H,1-3H3,(H,14,15). The number of benzene rings is 1. The van der Waals surface area contributed by atoms with Crippen LogP contribution in [0.25, 0.3) is 0 Å². The van der Waals surface area contributed by atoms with Gasteiger partial charge in [-0.3, -0.25) is 0 Å². The summed E-state index contributed by atoms with van der Waals surface area (Å²) < 4.78 is 17.7. The highest BCUT2D eigenvalue weighted by molar-refractivity contribution is 5.71. The molecule has 1 aromatic carbocycles. The van der Waals surface area contributed by atoms with E-state index in [9.17, 15) is 9.18 Å². The Labute approximate surface area is 93.9 Å². The zero-order chi connectivity index (χ0) is 12.3.